The first-order chi connectivity index (χ1) is 46.9. The SMILES string of the molecule is CC(C)(C)c1cc2c3c(c1)N(c1cccc4c1oc1ccccc14)c1ccccc1B3c1cc3c(cc1O2)N(c1c(-c2ccccc2)cccc1-c1ccccc1C#N)c1cc(C(C)(C)C)cc2c1B3c1ccc(-n3c4ccccc4c4ccccc43)cc1N2c1ccccc1. The number of benzene rings is 13. The van der Waals surface area contributed by atoms with Crippen LogP contribution in [0, 0.1) is 11.3 Å². The van der Waals surface area contributed by atoms with Crippen molar-refractivity contribution in [1.82, 2.24) is 4.57 Å². The lowest BCUT2D eigenvalue weighted by molar-refractivity contribution is 0.483. The molecule has 9 heteroatoms. The van der Waals surface area contributed by atoms with Gasteiger partial charge in [-0.05, 0) is 145 Å². The van der Waals surface area contributed by atoms with Gasteiger partial charge in [-0.15, -0.1) is 0 Å². The van der Waals surface area contributed by atoms with Crippen molar-refractivity contribution in [2.75, 3.05) is 14.7 Å². The number of anilines is 9. The Bertz CT molecular complexity index is 5800. The van der Waals surface area contributed by atoms with Crippen molar-refractivity contribution in [1.29, 1.82) is 5.26 Å². The zero-order valence-electron chi connectivity index (χ0n) is 54.2. The van der Waals surface area contributed by atoms with Gasteiger partial charge in [-0.1, -0.05) is 224 Å². The van der Waals surface area contributed by atoms with Gasteiger partial charge < -0.3 is 28.4 Å². The summed E-state index contributed by atoms with van der Waals surface area (Å²) in [6, 6.07) is 102. The number of fused-ring (bicyclic) bond motifs is 14. The topological polar surface area (TPSA) is 60.8 Å². The molecule has 19 rings (SSSR count). The van der Waals surface area contributed by atoms with Crippen molar-refractivity contribution in [2.45, 2.75) is 52.4 Å². The highest BCUT2D eigenvalue weighted by atomic mass is 16.5. The molecule has 0 spiro atoms. The lowest BCUT2D eigenvalue weighted by Crippen LogP contribution is -2.64. The Morgan fingerprint density at radius 3 is 1.68 bits per heavy atom. The van der Waals surface area contributed by atoms with E-state index in [-0.39, 0.29) is 24.3 Å². The molecule has 0 aliphatic carbocycles. The van der Waals surface area contributed by atoms with Crippen molar-refractivity contribution in [3.8, 4) is 45.5 Å². The third-order valence-corrected chi connectivity index (χ3v) is 20.7. The van der Waals surface area contributed by atoms with Crippen molar-refractivity contribution >= 4 is 141 Å². The maximum atomic E-state index is 11.1. The van der Waals surface area contributed by atoms with E-state index in [0.29, 0.717) is 5.56 Å². The van der Waals surface area contributed by atoms with Crippen LogP contribution in [0.3, 0.4) is 0 Å². The quantitative estimate of drug-likeness (QED) is 0.155. The van der Waals surface area contributed by atoms with Crippen molar-refractivity contribution < 1.29 is 9.15 Å². The van der Waals surface area contributed by atoms with Gasteiger partial charge in [0.1, 0.15) is 17.1 Å². The summed E-state index contributed by atoms with van der Waals surface area (Å²) in [6.45, 7) is 13.3. The lowest BCUT2D eigenvalue weighted by atomic mass is 9.30. The van der Waals surface area contributed by atoms with Gasteiger partial charge >= 0.3 is 0 Å². The first-order valence-corrected chi connectivity index (χ1v) is 33.4. The summed E-state index contributed by atoms with van der Waals surface area (Å²) in [5.74, 6) is 1.63. The van der Waals surface area contributed by atoms with Gasteiger partial charge in [0.15, 0.2) is 5.58 Å². The summed E-state index contributed by atoms with van der Waals surface area (Å²) in [5.41, 5.74) is 27.8. The van der Waals surface area contributed by atoms with Crippen LogP contribution in [0.15, 0.2) is 277 Å². The van der Waals surface area contributed by atoms with Crippen LogP contribution < -0.4 is 52.2 Å². The monoisotopic (exact) mass is 1230 g/mol. The van der Waals surface area contributed by atoms with Crippen molar-refractivity contribution in [2.24, 2.45) is 0 Å². The van der Waals surface area contributed by atoms with Crippen LogP contribution in [0.25, 0.3) is 71.7 Å². The molecule has 13 aromatic carbocycles. The van der Waals surface area contributed by atoms with Crippen LogP contribution in [0.4, 0.5) is 51.2 Å². The Balaban J connectivity index is 0.941. The Kier molecular flexibility index (Phi) is 12.0. The predicted octanol–water partition coefficient (Wildman–Crippen LogP) is 19.0. The molecule has 4 aliphatic heterocycles. The molecule has 454 valence electrons. The molecule has 0 saturated heterocycles. The summed E-state index contributed by atoms with van der Waals surface area (Å²) in [7, 11) is 0. The second-order valence-electron chi connectivity index (χ2n) is 28.2. The van der Waals surface area contributed by atoms with E-state index in [1.807, 2.05) is 18.2 Å². The van der Waals surface area contributed by atoms with Gasteiger partial charge in [-0.2, -0.15) is 5.26 Å². The first-order valence-electron chi connectivity index (χ1n) is 33.4. The van der Waals surface area contributed by atoms with Crippen LogP contribution in [-0.2, 0) is 10.8 Å². The summed E-state index contributed by atoms with van der Waals surface area (Å²) in [5, 5.41) is 15.7. The summed E-state index contributed by atoms with van der Waals surface area (Å²) in [6.07, 6.45) is 0. The number of furan rings is 1. The molecule has 0 unspecified atom stereocenters. The molecule has 15 aromatic rings. The number of ether oxygens (including phenoxy) is 1. The van der Waals surface area contributed by atoms with E-state index in [4.69, 9.17) is 9.15 Å². The molecule has 0 N–H and O–H groups in total. The van der Waals surface area contributed by atoms with E-state index in [1.54, 1.807) is 0 Å². The second kappa shape index (κ2) is 20.6. The zero-order valence-corrected chi connectivity index (χ0v) is 54.2. The maximum Gasteiger partial charge on any atom is 0.256 e. The summed E-state index contributed by atoms with van der Waals surface area (Å²) in [4.78, 5) is 7.55. The number of para-hydroxylation sites is 7. The van der Waals surface area contributed by atoms with E-state index in [2.05, 4.69) is 322 Å². The van der Waals surface area contributed by atoms with Crippen molar-refractivity contribution in [3.05, 3.63) is 290 Å². The largest absolute Gasteiger partial charge is 0.458 e. The molecule has 96 heavy (non-hydrogen) atoms. The first kappa shape index (κ1) is 55.9. The molecule has 0 atom stereocenters. The number of hydrogen-bond acceptors (Lipinski definition) is 6. The minimum absolute atomic E-state index is 0.241. The highest BCUT2D eigenvalue weighted by Crippen LogP contribution is 2.54. The van der Waals surface area contributed by atoms with Gasteiger partial charge in [0.05, 0.1) is 34.0 Å². The van der Waals surface area contributed by atoms with E-state index < -0.39 is 0 Å². The van der Waals surface area contributed by atoms with E-state index in [9.17, 15) is 5.26 Å². The fourth-order valence-electron chi connectivity index (χ4n) is 16.3. The highest BCUT2D eigenvalue weighted by Gasteiger charge is 2.49. The van der Waals surface area contributed by atoms with Gasteiger partial charge in [0, 0.05) is 89.8 Å². The predicted molar refractivity (Wildman–Crippen MR) is 401 cm³/mol. The molecule has 7 nitrogen and oxygen atoms in total. The Morgan fingerprint density at radius 1 is 0.365 bits per heavy atom. The minimum Gasteiger partial charge on any atom is -0.458 e. The molecule has 0 radical (unpaired) electrons. The average molecular weight is 1230 g/mol. The van der Waals surface area contributed by atoms with Crippen LogP contribution in [0.5, 0.6) is 11.5 Å². The normalized spacial score (nSPS) is 13.5. The number of aromatic nitrogens is 1. The maximum absolute atomic E-state index is 11.1. The third kappa shape index (κ3) is 8.15. The van der Waals surface area contributed by atoms with Gasteiger partial charge in [0.25, 0.3) is 13.4 Å². The molecule has 0 amide bonds. The van der Waals surface area contributed by atoms with E-state index >= 15 is 0 Å². The lowest BCUT2D eigenvalue weighted by Gasteiger charge is -2.47. The number of nitriles is 1. The minimum atomic E-state index is -0.307. The number of hydrogen-bond donors (Lipinski definition) is 0. The van der Waals surface area contributed by atoms with E-state index in [0.717, 1.165) is 146 Å². The van der Waals surface area contributed by atoms with Crippen LogP contribution in [-0.4, -0.2) is 18.0 Å². The summed E-state index contributed by atoms with van der Waals surface area (Å²) < 4.78 is 17.2. The van der Waals surface area contributed by atoms with Crippen molar-refractivity contribution in [3.63, 3.8) is 0 Å². The third-order valence-electron chi connectivity index (χ3n) is 20.7. The van der Waals surface area contributed by atoms with Gasteiger partial charge in [-0.3, -0.25) is 0 Å². The van der Waals surface area contributed by atoms with Gasteiger partial charge in [0.2, 0.25) is 0 Å². The number of rotatable bonds is 6. The van der Waals surface area contributed by atoms with Crippen LogP contribution >= 0.6 is 0 Å². The summed E-state index contributed by atoms with van der Waals surface area (Å²) >= 11 is 0. The molecule has 4 aliphatic rings. The average Bonchev–Trinajstić information content (AvgIpc) is 0.759. The molecular weight excluding hydrogens is 1170 g/mol. The molecule has 0 bridgehead atoms. The Hall–Kier alpha value is -11.7. The molecule has 0 saturated carbocycles. The van der Waals surface area contributed by atoms with Gasteiger partial charge in [-0.25, -0.2) is 0 Å². The Labute approximate surface area is 559 Å². The van der Waals surface area contributed by atoms with Crippen LogP contribution in [0.2, 0.25) is 0 Å². The molecule has 0 fully saturated rings. The fraction of sp³-hybridized carbons (Fsp3) is 0.0920. The molecular formula is C87H63B2N5O2. The second-order valence-corrected chi connectivity index (χ2v) is 28.2. The fourth-order valence-corrected chi connectivity index (χ4v) is 16.3. The zero-order chi connectivity index (χ0) is 64.5. The highest BCUT2D eigenvalue weighted by molar-refractivity contribution is 7.02. The smallest absolute Gasteiger partial charge is 0.256 e. The molecule has 2 aromatic heterocycles. The molecule has 6 heterocycles. The number of nitrogens with zero attached hydrogens (tertiary/aromatic N) is 5. The van der Waals surface area contributed by atoms with Crippen LogP contribution in [0.1, 0.15) is 58.2 Å². The van der Waals surface area contributed by atoms with E-state index in [1.165, 1.54) is 32.7 Å². The Morgan fingerprint density at radius 2 is 0.927 bits per heavy atom. The standard InChI is InChI=1S/C87H63B2N5O2/c1-86(2,3)55-45-76-82-77(46-55)94(84-60(53-25-9-7-10-26-53)34-23-35-64(84)59-30-14-13-27-54(59)52-90)75-51-80-69(50-68(75)88(82)67-44-43-58(49-74(67)91(76)57-28-11-8-12-29-57)92-70-38-19-15-31-61(70)62-32-16-20-39-71(62)92)89-66-37-18-21-40-72(66)93(78-47-56(87(4,5)6)48-81(95-80)83(78)89)73-41-24-36-65-63-33-17-22-42-79(63)96-85(65)73/h7-51H,1-6H3.